The van der Waals surface area contributed by atoms with E-state index in [9.17, 15) is 4.79 Å². The fourth-order valence-corrected chi connectivity index (χ4v) is 2.41. The van der Waals surface area contributed by atoms with Gasteiger partial charge in [-0.3, -0.25) is 0 Å². The summed E-state index contributed by atoms with van der Waals surface area (Å²) in [5.74, 6) is 0.572. The molecule has 2 rings (SSSR count). The Morgan fingerprint density at radius 2 is 2.00 bits per heavy atom. The van der Waals surface area contributed by atoms with Gasteiger partial charge in [0.1, 0.15) is 5.75 Å². The average Bonchev–Trinajstić information content (AvgIpc) is 2.56. The Hall–Kier alpha value is -2.24. The summed E-state index contributed by atoms with van der Waals surface area (Å²) in [7, 11) is 0. The van der Waals surface area contributed by atoms with Crippen LogP contribution >= 0.6 is 23.2 Å². The average molecular weight is 396 g/mol. The van der Waals surface area contributed by atoms with Crippen LogP contribution in [0.25, 0.3) is 6.08 Å². The molecule has 1 heterocycles. The molecule has 0 aliphatic rings. The van der Waals surface area contributed by atoms with Gasteiger partial charge in [0.15, 0.2) is 0 Å². The van der Waals surface area contributed by atoms with Gasteiger partial charge in [-0.15, -0.1) is 0 Å². The Morgan fingerprint density at radius 1 is 1.23 bits per heavy atom. The summed E-state index contributed by atoms with van der Waals surface area (Å²) in [6, 6.07) is 8.30. The molecule has 0 saturated heterocycles. The van der Waals surface area contributed by atoms with E-state index in [2.05, 4.69) is 4.98 Å². The number of rotatable bonds is 7. The molecule has 0 unspecified atom stereocenters. The lowest BCUT2D eigenvalue weighted by Gasteiger charge is -2.13. The fraction of sp³-hybridized carbons (Fsp3) is 0.263. The van der Waals surface area contributed by atoms with E-state index < -0.39 is 5.97 Å². The zero-order valence-corrected chi connectivity index (χ0v) is 16.2. The van der Waals surface area contributed by atoms with Gasteiger partial charge in [-0.2, -0.15) is 4.98 Å². The number of benzene rings is 1. The van der Waals surface area contributed by atoms with Crippen molar-refractivity contribution in [3.05, 3.63) is 52.0 Å². The van der Waals surface area contributed by atoms with Crippen LogP contribution in [0, 0.1) is 0 Å². The molecule has 1 aromatic heterocycles. The van der Waals surface area contributed by atoms with Crippen LogP contribution in [0.2, 0.25) is 10.0 Å². The van der Waals surface area contributed by atoms with Gasteiger partial charge < -0.3 is 14.2 Å². The number of pyridine rings is 1. The third-order valence-electron chi connectivity index (χ3n) is 3.01. The molecule has 0 bridgehead atoms. The van der Waals surface area contributed by atoms with E-state index in [1.807, 2.05) is 13.8 Å². The molecular weight excluding hydrogens is 377 g/mol. The second-order valence-corrected chi connectivity index (χ2v) is 6.32. The highest BCUT2D eigenvalue weighted by atomic mass is 35.5. The topological polar surface area (TPSA) is 57.7 Å². The largest absolute Gasteiger partial charge is 0.475 e. The first-order valence-corrected chi connectivity index (χ1v) is 8.80. The Morgan fingerprint density at radius 3 is 2.65 bits per heavy atom. The Labute approximate surface area is 162 Å². The first-order chi connectivity index (χ1) is 12.4. The van der Waals surface area contributed by atoms with Gasteiger partial charge in [-0.05, 0) is 51.1 Å². The number of aromatic nitrogens is 1. The molecule has 0 saturated carbocycles. The van der Waals surface area contributed by atoms with Gasteiger partial charge in [-0.1, -0.05) is 23.2 Å². The van der Waals surface area contributed by atoms with Crippen LogP contribution in [0.5, 0.6) is 17.5 Å². The monoisotopic (exact) mass is 395 g/mol. The minimum atomic E-state index is -0.453. The smallest absolute Gasteiger partial charge is 0.330 e. The number of hydrogen-bond donors (Lipinski definition) is 0. The number of nitrogens with zero attached hydrogens (tertiary/aromatic N) is 1. The predicted molar refractivity (Wildman–Crippen MR) is 102 cm³/mol. The van der Waals surface area contributed by atoms with Gasteiger partial charge in [0.05, 0.1) is 17.7 Å². The molecule has 5 nitrogen and oxygen atoms in total. The van der Waals surface area contributed by atoms with E-state index in [1.54, 1.807) is 43.3 Å². The van der Waals surface area contributed by atoms with E-state index in [0.29, 0.717) is 33.8 Å². The van der Waals surface area contributed by atoms with Crippen molar-refractivity contribution in [1.29, 1.82) is 0 Å². The van der Waals surface area contributed by atoms with Crippen molar-refractivity contribution in [2.24, 2.45) is 0 Å². The van der Waals surface area contributed by atoms with Crippen LogP contribution in [0.3, 0.4) is 0 Å². The zero-order valence-electron chi connectivity index (χ0n) is 14.7. The summed E-state index contributed by atoms with van der Waals surface area (Å²) in [4.78, 5) is 15.9. The zero-order chi connectivity index (χ0) is 19.1. The quantitative estimate of drug-likeness (QED) is 0.454. The molecule has 0 spiro atoms. The van der Waals surface area contributed by atoms with E-state index in [-0.39, 0.29) is 12.0 Å². The first-order valence-electron chi connectivity index (χ1n) is 8.04. The molecule has 0 aliphatic heterocycles. The van der Waals surface area contributed by atoms with Crippen LogP contribution in [-0.2, 0) is 9.53 Å². The molecule has 26 heavy (non-hydrogen) atoms. The van der Waals surface area contributed by atoms with Crippen LogP contribution in [0.15, 0.2) is 36.4 Å². The number of carbonyl (C=O) groups excluding carboxylic acids is 1. The van der Waals surface area contributed by atoms with Crippen LogP contribution in [0.1, 0.15) is 26.3 Å². The molecule has 0 amide bonds. The lowest BCUT2D eigenvalue weighted by Crippen LogP contribution is -2.07. The number of ether oxygens (including phenoxy) is 3. The number of carbonyl (C=O) groups is 1. The predicted octanol–water partition coefficient (Wildman–Crippen LogP) is 5.54. The Bertz CT molecular complexity index is 806. The van der Waals surface area contributed by atoms with Crippen molar-refractivity contribution in [3.63, 3.8) is 0 Å². The third-order valence-corrected chi connectivity index (χ3v) is 3.54. The molecule has 0 aliphatic carbocycles. The van der Waals surface area contributed by atoms with Gasteiger partial charge >= 0.3 is 5.97 Å². The highest BCUT2D eigenvalue weighted by molar-refractivity contribution is 6.35. The van der Waals surface area contributed by atoms with Crippen LogP contribution in [0.4, 0.5) is 0 Å². The van der Waals surface area contributed by atoms with Crippen molar-refractivity contribution in [3.8, 4) is 17.5 Å². The minimum Gasteiger partial charge on any atom is -0.475 e. The molecule has 0 N–H and O–H groups in total. The molecule has 2 aromatic rings. The van der Waals surface area contributed by atoms with Gasteiger partial charge in [0, 0.05) is 22.7 Å². The van der Waals surface area contributed by atoms with E-state index in [1.165, 1.54) is 6.08 Å². The third kappa shape index (κ3) is 5.93. The van der Waals surface area contributed by atoms with Crippen molar-refractivity contribution < 1.29 is 19.0 Å². The van der Waals surface area contributed by atoms with Crippen LogP contribution in [-0.4, -0.2) is 23.7 Å². The molecule has 0 radical (unpaired) electrons. The normalized spacial score (nSPS) is 11.0. The number of halogens is 2. The van der Waals surface area contributed by atoms with E-state index in [0.717, 1.165) is 0 Å². The Kier molecular flexibility index (Phi) is 7.30. The molecule has 1 aromatic carbocycles. The molecule has 0 atom stereocenters. The van der Waals surface area contributed by atoms with Crippen molar-refractivity contribution in [1.82, 2.24) is 4.98 Å². The lowest BCUT2D eigenvalue weighted by molar-refractivity contribution is -0.137. The van der Waals surface area contributed by atoms with Gasteiger partial charge in [0.25, 0.3) is 0 Å². The van der Waals surface area contributed by atoms with Crippen molar-refractivity contribution >= 4 is 35.2 Å². The second kappa shape index (κ2) is 9.46. The summed E-state index contributed by atoms with van der Waals surface area (Å²) in [5, 5.41) is 0.837. The highest BCUT2D eigenvalue weighted by Crippen LogP contribution is 2.33. The standard InChI is InChI=1S/C19H19Cl2NO4/c1-4-24-18(23)10-6-13-5-9-17(25-12(2)3)22-19(13)26-16-8-7-14(20)11-15(16)21/h5-12H,4H2,1-3H3. The molecule has 7 heteroatoms. The molecule has 138 valence electrons. The summed E-state index contributed by atoms with van der Waals surface area (Å²) in [6.45, 7) is 5.83. The Balaban J connectivity index is 2.36. The van der Waals surface area contributed by atoms with Crippen molar-refractivity contribution in [2.45, 2.75) is 26.9 Å². The summed E-state index contributed by atoms with van der Waals surface area (Å²) >= 11 is 12.1. The van der Waals surface area contributed by atoms with Crippen molar-refractivity contribution in [2.75, 3.05) is 6.61 Å². The number of esters is 1. The maximum atomic E-state index is 11.6. The minimum absolute atomic E-state index is 0.0459. The summed E-state index contributed by atoms with van der Waals surface area (Å²) in [6.07, 6.45) is 2.82. The van der Waals surface area contributed by atoms with E-state index >= 15 is 0 Å². The van der Waals surface area contributed by atoms with Gasteiger partial charge in [0.2, 0.25) is 11.8 Å². The molecular formula is C19H19Cl2NO4. The maximum absolute atomic E-state index is 11.6. The highest BCUT2D eigenvalue weighted by Gasteiger charge is 2.11. The van der Waals surface area contributed by atoms with E-state index in [4.69, 9.17) is 37.4 Å². The summed E-state index contributed by atoms with van der Waals surface area (Å²) in [5.41, 5.74) is 0.570. The van der Waals surface area contributed by atoms with Crippen LogP contribution < -0.4 is 9.47 Å². The van der Waals surface area contributed by atoms with Gasteiger partial charge in [-0.25, -0.2) is 4.79 Å². The lowest BCUT2D eigenvalue weighted by atomic mass is 10.2. The number of hydrogen-bond acceptors (Lipinski definition) is 5. The first kappa shape index (κ1) is 20.1. The second-order valence-electron chi connectivity index (χ2n) is 5.47. The fourth-order valence-electron chi connectivity index (χ4n) is 1.96. The summed E-state index contributed by atoms with van der Waals surface area (Å²) < 4.78 is 16.3. The molecule has 0 fully saturated rings. The SMILES string of the molecule is CCOC(=O)C=Cc1ccc(OC(C)C)nc1Oc1ccc(Cl)cc1Cl. The maximum Gasteiger partial charge on any atom is 0.330 e.